The molecule has 4 heterocycles. The van der Waals surface area contributed by atoms with Gasteiger partial charge in [-0.1, -0.05) is 46.3 Å². The molecule has 232 valence electrons. The zero-order chi connectivity index (χ0) is 31.4. The molecule has 0 saturated carbocycles. The Labute approximate surface area is 265 Å². The molecule has 3 atom stereocenters. The average molecular weight is 667 g/mol. The number of amides is 2. The van der Waals surface area contributed by atoms with Crippen LogP contribution in [0.25, 0.3) is 0 Å². The van der Waals surface area contributed by atoms with Crippen LogP contribution in [0.3, 0.4) is 0 Å². The summed E-state index contributed by atoms with van der Waals surface area (Å²) in [4.78, 5) is 49.2. The highest BCUT2D eigenvalue weighted by molar-refractivity contribution is 9.10. The molecular weight excluding hydrogens is 629 g/mol. The lowest BCUT2D eigenvalue weighted by molar-refractivity contribution is -0.122. The normalized spacial score (nSPS) is 21.7. The Hall–Kier alpha value is -3.83. The fourth-order valence-corrected chi connectivity index (χ4v) is 7.08. The van der Waals surface area contributed by atoms with Gasteiger partial charge in [-0.15, -0.1) is 0 Å². The molecule has 3 aliphatic rings. The van der Waals surface area contributed by atoms with Crippen LogP contribution in [0.4, 0.5) is 10.2 Å². The Bertz CT molecular complexity index is 1510. The SMILES string of the molecule is Cc1c(Br)ccc(F)c1C(=O)N1CCC[C@@H]2CN(C(=O)c3cccnc3N3CCN(C)CC3c3ccccc3)C[C@H]21.O=CO. The number of pyridine rings is 1. The number of carboxylic acid groups (broad SMARTS) is 1. The van der Waals surface area contributed by atoms with Crippen molar-refractivity contribution in [3.8, 4) is 0 Å². The van der Waals surface area contributed by atoms with E-state index in [0.29, 0.717) is 41.1 Å². The summed E-state index contributed by atoms with van der Waals surface area (Å²) in [5.74, 6) is -0.00746. The fourth-order valence-electron chi connectivity index (χ4n) is 6.75. The first-order valence-corrected chi connectivity index (χ1v) is 15.6. The van der Waals surface area contributed by atoms with Crippen molar-refractivity contribution in [3.63, 3.8) is 0 Å². The third kappa shape index (κ3) is 6.34. The molecule has 1 aromatic heterocycles. The third-order valence-corrected chi connectivity index (χ3v) is 9.81. The molecule has 2 aromatic carbocycles. The van der Waals surface area contributed by atoms with Crippen LogP contribution in [0, 0.1) is 18.7 Å². The molecule has 0 bridgehead atoms. The lowest BCUT2D eigenvalue weighted by Crippen LogP contribution is -2.49. The number of carbonyl (C=O) groups excluding carboxylic acids is 2. The van der Waals surface area contributed by atoms with Crippen molar-refractivity contribution < 1.29 is 23.9 Å². The maximum absolute atomic E-state index is 14.9. The van der Waals surface area contributed by atoms with Gasteiger partial charge in [0.1, 0.15) is 11.6 Å². The number of hydrogen-bond acceptors (Lipinski definition) is 6. The quantitative estimate of drug-likeness (QED) is 0.398. The highest BCUT2D eigenvalue weighted by Crippen LogP contribution is 2.36. The molecule has 1 N–H and O–H groups in total. The van der Waals surface area contributed by atoms with Gasteiger partial charge in [0.25, 0.3) is 18.3 Å². The first-order chi connectivity index (χ1) is 21.2. The molecule has 44 heavy (non-hydrogen) atoms. The number of fused-ring (bicyclic) bond motifs is 1. The lowest BCUT2D eigenvalue weighted by atomic mass is 9.91. The molecule has 3 aliphatic heterocycles. The monoisotopic (exact) mass is 665 g/mol. The molecule has 3 fully saturated rings. The van der Waals surface area contributed by atoms with Crippen molar-refractivity contribution in [2.45, 2.75) is 31.8 Å². The summed E-state index contributed by atoms with van der Waals surface area (Å²) in [6.45, 7) is 5.56. The van der Waals surface area contributed by atoms with Gasteiger partial charge in [0.05, 0.1) is 23.2 Å². The fraction of sp³-hybridized carbons (Fsp3) is 0.394. The largest absolute Gasteiger partial charge is 0.483 e. The molecule has 6 rings (SSSR count). The van der Waals surface area contributed by atoms with Gasteiger partial charge in [-0.25, -0.2) is 9.37 Å². The van der Waals surface area contributed by atoms with E-state index in [1.807, 2.05) is 35.2 Å². The maximum atomic E-state index is 14.9. The van der Waals surface area contributed by atoms with E-state index in [9.17, 15) is 14.0 Å². The van der Waals surface area contributed by atoms with Gasteiger partial charge in [-0.2, -0.15) is 0 Å². The van der Waals surface area contributed by atoms with E-state index in [4.69, 9.17) is 14.9 Å². The number of anilines is 1. The maximum Gasteiger partial charge on any atom is 0.290 e. The summed E-state index contributed by atoms with van der Waals surface area (Å²) in [6, 6.07) is 17.0. The first-order valence-electron chi connectivity index (χ1n) is 14.8. The number of aromatic nitrogens is 1. The van der Waals surface area contributed by atoms with Gasteiger partial charge in [0, 0.05) is 49.9 Å². The summed E-state index contributed by atoms with van der Waals surface area (Å²) in [5, 5.41) is 6.89. The second-order valence-electron chi connectivity index (χ2n) is 11.6. The van der Waals surface area contributed by atoms with Gasteiger partial charge >= 0.3 is 0 Å². The third-order valence-electron chi connectivity index (χ3n) is 8.95. The topological polar surface area (TPSA) is 97.3 Å². The van der Waals surface area contributed by atoms with Crippen LogP contribution in [0.15, 0.2) is 65.3 Å². The summed E-state index contributed by atoms with van der Waals surface area (Å²) >= 11 is 3.44. The Morgan fingerprint density at radius 1 is 1.00 bits per heavy atom. The number of likely N-dealkylation sites (N-methyl/N-ethyl adjacent to an activating group) is 1. The first kappa shape index (κ1) is 31.6. The Balaban J connectivity index is 0.00000123. The number of halogens is 2. The number of piperazine rings is 1. The van der Waals surface area contributed by atoms with E-state index < -0.39 is 5.82 Å². The zero-order valence-corrected chi connectivity index (χ0v) is 26.5. The molecular formula is C33H37BrFN5O4. The molecule has 1 unspecified atom stereocenters. The summed E-state index contributed by atoms with van der Waals surface area (Å²) < 4.78 is 15.6. The predicted molar refractivity (Wildman–Crippen MR) is 169 cm³/mol. The summed E-state index contributed by atoms with van der Waals surface area (Å²) in [6.07, 6.45) is 3.53. The van der Waals surface area contributed by atoms with Crippen molar-refractivity contribution >= 4 is 40.0 Å². The molecule has 3 aromatic rings. The van der Waals surface area contributed by atoms with Gasteiger partial charge in [0.2, 0.25) is 0 Å². The number of piperidine rings is 1. The van der Waals surface area contributed by atoms with Gasteiger partial charge in [-0.05, 0) is 68.1 Å². The van der Waals surface area contributed by atoms with Crippen LogP contribution in [-0.2, 0) is 4.79 Å². The Morgan fingerprint density at radius 3 is 2.50 bits per heavy atom. The second-order valence-corrected chi connectivity index (χ2v) is 12.4. The molecule has 11 heteroatoms. The average Bonchev–Trinajstić information content (AvgIpc) is 3.48. The molecule has 3 saturated heterocycles. The van der Waals surface area contributed by atoms with Crippen molar-refractivity contribution in [2.24, 2.45) is 5.92 Å². The summed E-state index contributed by atoms with van der Waals surface area (Å²) in [5.41, 5.74) is 2.49. The highest BCUT2D eigenvalue weighted by Gasteiger charge is 2.44. The van der Waals surface area contributed by atoms with E-state index in [2.05, 4.69) is 44.9 Å². The van der Waals surface area contributed by atoms with Crippen molar-refractivity contribution in [2.75, 3.05) is 51.2 Å². The Morgan fingerprint density at radius 2 is 1.75 bits per heavy atom. The van der Waals surface area contributed by atoms with Crippen LogP contribution in [-0.4, -0.2) is 95.4 Å². The Kier molecular flexibility index (Phi) is 9.95. The van der Waals surface area contributed by atoms with Crippen LogP contribution in [0.2, 0.25) is 0 Å². The number of rotatable bonds is 4. The number of benzene rings is 2. The van der Waals surface area contributed by atoms with Gasteiger partial charge in [-0.3, -0.25) is 14.4 Å². The number of hydrogen-bond donors (Lipinski definition) is 1. The molecule has 0 radical (unpaired) electrons. The minimum Gasteiger partial charge on any atom is -0.483 e. The number of likely N-dealkylation sites (tertiary alicyclic amines) is 2. The van der Waals surface area contributed by atoms with Crippen molar-refractivity contribution in [1.29, 1.82) is 0 Å². The predicted octanol–water partition coefficient (Wildman–Crippen LogP) is 4.86. The zero-order valence-electron chi connectivity index (χ0n) is 24.9. The molecule has 9 nitrogen and oxygen atoms in total. The number of carbonyl (C=O) groups is 3. The van der Waals surface area contributed by atoms with Gasteiger partial charge in [0.15, 0.2) is 0 Å². The molecule has 2 amide bonds. The van der Waals surface area contributed by atoms with Crippen LogP contribution in [0.1, 0.15) is 50.7 Å². The van der Waals surface area contributed by atoms with E-state index >= 15 is 0 Å². The van der Waals surface area contributed by atoms with Gasteiger partial charge < -0.3 is 24.7 Å². The second kappa shape index (κ2) is 13.9. The summed E-state index contributed by atoms with van der Waals surface area (Å²) in [7, 11) is 2.12. The highest BCUT2D eigenvalue weighted by atomic mass is 79.9. The van der Waals surface area contributed by atoms with Crippen LogP contribution >= 0.6 is 15.9 Å². The van der Waals surface area contributed by atoms with Crippen molar-refractivity contribution in [1.82, 2.24) is 19.7 Å². The molecule has 0 spiro atoms. The van der Waals surface area contributed by atoms with E-state index in [1.54, 1.807) is 24.1 Å². The number of nitrogens with zero attached hydrogens (tertiary/aromatic N) is 5. The van der Waals surface area contributed by atoms with Crippen LogP contribution in [0.5, 0.6) is 0 Å². The van der Waals surface area contributed by atoms with E-state index in [-0.39, 0.29) is 41.9 Å². The van der Waals surface area contributed by atoms with Crippen LogP contribution < -0.4 is 4.90 Å². The molecule has 0 aliphatic carbocycles. The standard InChI is InChI=1S/C32H35BrFN5O2.CH2O2/c1-21-25(33)12-13-26(34)29(21)32(41)39-15-7-10-23-18-37(20-28(23)39)31(40)24-11-6-14-35-30(24)38-17-16-36(2)19-27(38)22-8-4-3-5-9-22;2-1-3/h3-6,8-9,11-14,23,27-28H,7,10,15-20H2,1-2H3;1H,(H,2,3)/t23-,27?,28-;/m1./s1. The lowest BCUT2D eigenvalue weighted by Gasteiger charge is -2.41. The van der Waals surface area contributed by atoms with E-state index in [0.717, 1.165) is 32.5 Å². The minimum absolute atomic E-state index is 0.0644. The van der Waals surface area contributed by atoms with Crippen molar-refractivity contribution in [3.05, 3.63) is 93.3 Å². The van der Waals surface area contributed by atoms with E-state index in [1.165, 1.54) is 11.6 Å². The minimum atomic E-state index is -0.510. The smallest absolute Gasteiger partial charge is 0.290 e.